The van der Waals surface area contributed by atoms with Gasteiger partial charge in [-0.25, -0.2) is 15.0 Å². The fraction of sp³-hybridized carbons (Fsp3) is 0.450. The Morgan fingerprint density at radius 2 is 1.75 bits per heavy atom. The topological polar surface area (TPSA) is 93.8 Å². The van der Waals surface area contributed by atoms with Crippen LogP contribution in [0.25, 0.3) is 22.6 Å². The van der Waals surface area contributed by atoms with Crippen molar-refractivity contribution in [2.45, 2.75) is 60.3 Å². The number of fused-ring (bicyclic) bond motifs is 3. The second-order valence-corrected chi connectivity index (χ2v) is 7.05. The molecule has 146 valence electrons. The number of nitrogens with one attached hydrogen (secondary N) is 1. The highest BCUT2D eigenvalue weighted by atomic mass is 16.1. The number of rotatable bonds is 5. The third-order valence-corrected chi connectivity index (χ3v) is 4.97. The van der Waals surface area contributed by atoms with Crippen LogP contribution in [-0.2, 0) is 19.3 Å². The lowest BCUT2D eigenvalue weighted by Crippen LogP contribution is -2.16. The maximum atomic E-state index is 12.8. The Hall–Kier alpha value is -3.03. The number of hydrogen-bond acceptors (Lipinski definition) is 5. The van der Waals surface area contributed by atoms with Gasteiger partial charge in [0.15, 0.2) is 5.65 Å². The monoisotopic (exact) mass is 379 g/mol. The van der Waals surface area contributed by atoms with Crippen molar-refractivity contribution >= 4 is 16.7 Å². The minimum atomic E-state index is -0.154. The minimum absolute atomic E-state index is 0.154. The fourth-order valence-corrected chi connectivity index (χ4v) is 3.76. The maximum absolute atomic E-state index is 12.8. The third-order valence-electron chi connectivity index (χ3n) is 4.97. The first kappa shape index (κ1) is 18.3. The summed E-state index contributed by atoms with van der Waals surface area (Å²) in [6.07, 6.45) is 5.11. The highest BCUT2D eigenvalue weighted by Crippen LogP contribution is 2.21. The van der Waals surface area contributed by atoms with Crippen LogP contribution in [0, 0.1) is 13.8 Å². The molecule has 0 atom stereocenters. The number of nitrogens with zero attached hydrogens (tertiary/aromatic N) is 6. The largest absolute Gasteiger partial charge is 0.316 e. The van der Waals surface area contributed by atoms with Crippen LogP contribution >= 0.6 is 0 Å². The van der Waals surface area contributed by atoms with E-state index in [0.717, 1.165) is 42.3 Å². The average Bonchev–Trinajstić information content (AvgIpc) is 3.22. The van der Waals surface area contributed by atoms with Gasteiger partial charge in [-0.15, -0.1) is 0 Å². The molecule has 1 N–H and O–H groups in total. The van der Waals surface area contributed by atoms with Gasteiger partial charge in [0.2, 0.25) is 5.95 Å². The van der Waals surface area contributed by atoms with Gasteiger partial charge in [0.05, 0.1) is 17.1 Å². The molecule has 8 heteroatoms. The summed E-state index contributed by atoms with van der Waals surface area (Å²) in [7, 11) is 0. The number of H-pyrrole nitrogens is 1. The van der Waals surface area contributed by atoms with Crippen LogP contribution in [-0.4, -0.2) is 33.9 Å². The van der Waals surface area contributed by atoms with Gasteiger partial charge in [-0.05, 0) is 20.3 Å². The van der Waals surface area contributed by atoms with E-state index < -0.39 is 0 Å². The number of imidazole rings is 2. The molecule has 4 heterocycles. The first-order valence-corrected chi connectivity index (χ1v) is 9.84. The molecule has 0 aliphatic rings. The molecule has 0 saturated carbocycles. The molecule has 0 bridgehead atoms. The molecule has 4 rings (SSSR count). The molecule has 0 radical (unpaired) electrons. The fourth-order valence-electron chi connectivity index (χ4n) is 3.76. The van der Waals surface area contributed by atoms with E-state index in [-0.39, 0.29) is 5.56 Å². The van der Waals surface area contributed by atoms with E-state index in [1.54, 1.807) is 0 Å². The van der Waals surface area contributed by atoms with E-state index in [0.29, 0.717) is 34.7 Å². The summed E-state index contributed by atoms with van der Waals surface area (Å²) in [5.41, 5.74) is 4.25. The van der Waals surface area contributed by atoms with E-state index in [4.69, 9.17) is 9.97 Å². The predicted molar refractivity (Wildman–Crippen MR) is 108 cm³/mol. The van der Waals surface area contributed by atoms with Gasteiger partial charge < -0.3 is 4.98 Å². The average molecular weight is 379 g/mol. The molecule has 28 heavy (non-hydrogen) atoms. The molecule has 0 amide bonds. The Balaban J connectivity index is 2.16. The normalized spacial score (nSPS) is 11.8. The van der Waals surface area contributed by atoms with Crippen LogP contribution in [0.1, 0.15) is 55.9 Å². The Labute approximate surface area is 162 Å². The summed E-state index contributed by atoms with van der Waals surface area (Å²) in [6.45, 7) is 10.0. The minimum Gasteiger partial charge on any atom is -0.316 e. The molecule has 0 fully saturated rings. The molecular weight excluding hydrogens is 354 g/mol. The number of aromatic amines is 1. The van der Waals surface area contributed by atoms with Crippen molar-refractivity contribution in [1.29, 1.82) is 0 Å². The lowest BCUT2D eigenvalue weighted by Gasteiger charge is -2.12. The summed E-state index contributed by atoms with van der Waals surface area (Å²) >= 11 is 0. The van der Waals surface area contributed by atoms with Crippen LogP contribution in [0.15, 0.2) is 11.0 Å². The van der Waals surface area contributed by atoms with Crippen molar-refractivity contribution in [2.75, 3.05) is 0 Å². The van der Waals surface area contributed by atoms with Crippen LogP contribution < -0.4 is 5.56 Å². The predicted octanol–water partition coefficient (Wildman–Crippen LogP) is 2.85. The Bertz CT molecular complexity index is 1250. The van der Waals surface area contributed by atoms with Crippen molar-refractivity contribution in [3.8, 4) is 5.95 Å². The molecule has 0 aliphatic heterocycles. The zero-order valence-electron chi connectivity index (χ0n) is 17.0. The zero-order chi connectivity index (χ0) is 20.0. The van der Waals surface area contributed by atoms with E-state index >= 15 is 0 Å². The third kappa shape index (κ3) is 2.71. The zero-order valence-corrected chi connectivity index (χ0v) is 17.0. The number of aromatic nitrogens is 7. The second-order valence-electron chi connectivity index (χ2n) is 7.05. The first-order chi connectivity index (χ1) is 13.5. The first-order valence-electron chi connectivity index (χ1n) is 9.84. The van der Waals surface area contributed by atoms with Gasteiger partial charge in [-0.3, -0.25) is 13.8 Å². The molecule has 0 spiro atoms. The number of aryl methyl sites for hydroxylation is 5. The van der Waals surface area contributed by atoms with Crippen LogP contribution in [0.5, 0.6) is 0 Å². The Morgan fingerprint density at radius 3 is 2.43 bits per heavy atom. The molecule has 4 aromatic heterocycles. The van der Waals surface area contributed by atoms with E-state index in [9.17, 15) is 4.79 Å². The van der Waals surface area contributed by atoms with Crippen molar-refractivity contribution < 1.29 is 0 Å². The van der Waals surface area contributed by atoms with Crippen molar-refractivity contribution in [2.24, 2.45) is 0 Å². The Morgan fingerprint density at radius 1 is 1.00 bits per heavy atom. The van der Waals surface area contributed by atoms with E-state index in [1.165, 1.54) is 0 Å². The van der Waals surface area contributed by atoms with Gasteiger partial charge in [0.1, 0.15) is 22.7 Å². The molecule has 0 aliphatic carbocycles. The summed E-state index contributed by atoms with van der Waals surface area (Å²) in [5, 5.41) is 0. The van der Waals surface area contributed by atoms with Crippen LogP contribution in [0.4, 0.5) is 0 Å². The quantitative estimate of drug-likeness (QED) is 0.575. The second kappa shape index (κ2) is 6.85. The van der Waals surface area contributed by atoms with Crippen molar-refractivity contribution in [3.63, 3.8) is 0 Å². The molecule has 8 nitrogen and oxygen atoms in total. The SMILES string of the molecule is CCCc1nc(-n2cc(C)nc2CC)nc2c1[nH]c(=O)c1c(C)nc(CC)n12. The maximum Gasteiger partial charge on any atom is 0.274 e. The van der Waals surface area contributed by atoms with E-state index in [2.05, 4.69) is 28.8 Å². The van der Waals surface area contributed by atoms with Gasteiger partial charge in [0.25, 0.3) is 5.56 Å². The van der Waals surface area contributed by atoms with Crippen molar-refractivity contribution in [1.82, 2.24) is 33.9 Å². The molecule has 4 aromatic rings. The summed E-state index contributed by atoms with van der Waals surface area (Å²) in [6, 6.07) is 0. The summed E-state index contributed by atoms with van der Waals surface area (Å²) in [4.78, 5) is 34.6. The Kier molecular flexibility index (Phi) is 4.49. The highest BCUT2D eigenvalue weighted by molar-refractivity contribution is 5.78. The lowest BCUT2D eigenvalue weighted by molar-refractivity contribution is 0.805. The molecule has 0 unspecified atom stereocenters. The van der Waals surface area contributed by atoms with Gasteiger partial charge in [-0.2, -0.15) is 4.98 Å². The van der Waals surface area contributed by atoms with Crippen molar-refractivity contribution in [3.05, 3.63) is 45.3 Å². The smallest absolute Gasteiger partial charge is 0.274 e. The van der Waals surface area contributed by atoms with E-state index in [1.807, 2.05) is 35.9 Å². The highest BCUT2D eigenvalue weighted by Gasteiger charge is 2.19. The van der Waals surface area contributed by atoms with Crippen LogP contribution in [0.2, 0.25) is 0 Å². The lowest BCUT2D eigenvalue weighted by atomic mass is 10.2. The van der Waals surface area contributed by atoms with Gasteiger partial charge >= 0.3 is 0 Å². The molecule has 0 aromatic carbocycles. The van der Waals surface area contributed by atoms with Gasteiger partial charge in [-0.1, -0.05) is 27.2 Å². The molecular formula is C20H25N7O. The van der Waals surface area contributed by atoms with Gasteiger partial charge in [0, 0.05) is 19.0 Å². The van der Waals surface area contributed by atoms with Crippen LogP contribution in [0.3, 0.4) is 0 Å². The summed E-state index contributed by atoms with van der Waals surface area (Å²) < 4.78 is 3.84. The standard InChI is InChI=1S/C20H25N7O/c1-6-9-13-16-18(25-20(23-13)26-10-11(4)21-14(26)7-2)27-15(8-3)22-12(5)17(27)19(28)24-16/h10H,6-9H2,1-5H3,(H,24,28). The molecule has 0 saturated heterocycles. The summed E-state index contributed by atoms with van der Waals surface area (Å²) in [5.74, 6) is 2.32. The number of hydrogen-bond donors (Lipinski definition) is 1.